The summed E-state index contributed by atoms with van der Waals surface area (Å²) in [5.74, 6) is 0.512. The number of nitrogen functional groups attached to an aromatic ring is 1. The van der Waals surface area contributed by atoms with Gasteiger partial charge in [-0.1, -0.05) is 0 Å². The molecule has 0 aliphatic heterocycles. The molecule has 0 atom stereocenters. The van der Waals surface area contributed by atoms with Crippen LogP contribution in [0.3, 0.4) is 0 Å². The lowest BCUT2D eigenvalue weighted by molar-refractivity contribution is -0.137. The van der Waals surface area contributed by atoms with E-state index in [1.54, 1.807) is 30.3 Å². The Morgan fingerprint density at radius 2 is 1.67 bits per heavy atom. The molecular weight excluding hydrogens is 399 g/mol. The van der Waals surface area contributed by atoms with E-state index in [1.165, 1.54) is 31.1 Å². The summed E-state index contributed by atoms with van der Waals surface area (Å²) in [4.78, 5) is 7.91. The van der Waals surface area contributed by atoms with Crippen LogP contribution in [-0.2, 0) is 6.18 Å². The molecule has 0 saturated carbocycles. The molecule has 0 radical (unpaired) electrons. The van der Waals surface area contributed by atoms with Crippen molar-refractivity contribution in [3.63, 3.8) is 0 Å². The van der Waals surface area contributed by atoms with E-state index < -0.39 is 17.6 Å². The van der Waals surface area contributed by atoms with E-state index in [0.717, 1.165) is 11.6 Å². The van der Waals surface area contributed by atoms with E-state index in [4.69, 9.17) is 15.2 Å². The van der Waals surface area contributed by atoms with Gasteiger partial charge in [0.05, 0.1) is 37.4 Å². The SMILES string of the molecule is COc1ccc(-c2ccc3ncc(-c4cnc(N)c(C(F)(F)F)c4)n3n2)cc1OC. The van der Waals surface area contributed by atoms with Crippen LogP contribution < -0.4 is 15.2 Å². The molecule has 7 nitrogen and oxygen atoms in total. The highest BCUT2D eigenvalue weighted by Gasteiger charge is 2.34. The molecule has 0 saturated heterocycles. The highest BCUT2D eigenvalue weighted by molar-refractivity contribution is 5.68. The summed E-state index contributed by atoms with van der Waals surface area (Å²) < 4.78 is 51.7. The van der Waals surface area contributed by atoms with Crippen LogP contribution >= 0.6 is 0 Å². The quantitative estimate of drug-likeness (QED) is 0.541. The van der Waals surface area contributed by atoms with Crippen LogP contribution in [0.1, 0.15) is 5.56 Å². The van der Waals surface area contributed by atoms with Crippen molar-refractivity contribution in [3.8, 4) is 34.0 Å². The zero-order chi connectivity index (χ0) is 21.5. The predicted molar refractivity (Wildman–Crippen MR) is 104 cm³/mol. The number of nitrogens with zero attached hydrogens (tertiary/aromatic N) is 4. The number of anilines is 1. The number of pyridine rings is 1. The third-order valence-electron chi connectivity index (χ3n) is 4.56. The molecule has 10 heteroatoms. The molecule has 0 amide bonds. The second-order valence-corrected chi connectivity index (χ2v) is 6.36. The van der Waals surface area contributed by atoms with Crippen molar-refractivity contribution in [1.82, 2.24) is 19.6 Å². The molecule has 0 aliphatic rings. The number of alkyl halides is 3. The third-order valence-corrected chi connectivity index (χ3v) is 4.56. The molecule has 0 unspecified atom stereocenters. The number of hydrogen-bond acceptors (Lipinski definition) is 6. The Morgan fingerprint density at radius 1 is 0.900 bits per heavy atom. The lowest BCUT2D eigenvalue weighted by Gasteiger charge is -2.11. The number of halogens is 3. The van der Waals surface area contributed by atoms with Crippen LogP contribution in [0.25, 0.3) is 28.2 Å². The average molecular weight is 415 g/mol. The van der Waals surface area contributed by atoms with Crippen molar-refractivity contribution in [2.45, 2.75) is 6.18 Å². The Labute approximate surface area is 168 Å². The minimum atomic E-state index is -4.62. The van der Waals surface area contributed by atoms with E-state index in [2.05, 4.69) is 15.1 Å². The van der Waals surface area contributed by atoms with Gasteiger partial charge in [0.15, 0.2) is 17.1 Å². The Bertz CT molecular complexity index is 1240. The van der Waals surface area contributed by atoms with Crippen LogP contribution in [0.2, 0.25) is 0 Å². The number of methoxy groups -OCH3 is 2. The maximum absolute atomic E-state index is 13.2. The topological polar surface area (TPSA) is 87.6 Å². The molecule has 1 aromatic carbocycles. The van der Waals surface area contributed by atoms with Gasteiger partial charge in [0.1, 0.15) is 5.82 Å². The molecule has 30 heavy (non-hydrogen) atoms. The van der Waals surface area contributed by atoms with Gasteiger partial charge < -0.3 is 15.2 Å². The summed E-state index contributed by atoms with van der Waals surface area (Å²) in [6.07, 6.45) is -1.92. The molecule has 4 rings (SSSR count). The number of ether oxygens (including phenoxy) is 2. The lowest BCUT2D eigenvalue weighted by atomic mass is 10.1. The number of rotatable bonds is 4. The van der Waals surface area contributed by atoms with Gasteiger partial charge in [0.25, 0.3) is 0 Å². The average Bonchev–Trinajstić information content (AvgIpc) is 3.16. The number of benzene rings is 1. The van der Waals surface area contributed by atoms with Gasteiger partial charge in [-0.2, -0.15) is 18.3 Å². The molecule has 154 valence electrons. The number of fused-ring (bicyclic) bond motifs is 1. The highest BCUT2D eigenvalue weighted by atomic mass is 19.4. The summed E-state index contributed by atoms with van der Waals surface area (Å²) in [5.41, 5.74) is 6.72. The number of imidazole rings is 1. The lowest BCUT2D eigenvalue weighted by Crippen LogP contribution is -2.10. The van der Waals surface area contributed by atoms with E-state index in [-0.39, 0.29) is 5.56 Å². The van der Waals surface area contributed by atoms with Crippen LogP contribution in [0.5, 0.6) is 11.5 Å². The molecule has 4 aromatic rings. The maximum atomic E-state index is 13.2. The molecule has 3 heterocycles. The van der Waals surface area contributed by atoms with E-state index in [1.807, 2.05) is 0 Å². The molecular formula is C20H16F3N5O2. The van der Waals surface area contributed by atoms with Crippen LogP contribution in [0.4, 0.5) is 19.0 Å². The van der Waals surface area contributed by atoms with Crippen molar-refractivity contribution in [3.05, 3.63) is 54.4 Å². The van der Waals surface area contributed by atoms with Crippen LogP contribution in [-0.4, -0.2) is 33.8 Å². The van der Waals surface area contributed by atoms with Crippen LogP contribution in [0.15, 0.2) is 48.8 Å². The van der Waals surface area contributed by atoms with Gasteiger partial charge in [-0.05, 0) is 36.4 Å². The zero-order valence-electron chi connectivity index (χ0n) is 15.9. The summed E-state index contributed by atoms with van der Waals surface area (Å²) in [7, 11) is 3.06. The second-order valence-electron chi connectivity index (χ2n) is 6.36. The molecule has 0 aliphatic carbocycles. The fourth-order valence-electron chi connectivity index (χ4n) is 3.06. The van der Waals surface area contributed by atoms with E-state index >= 15 is 0 Å². The Hall–Kier alpha value is -3.82. The van der Waals surface area contributed by atoms with Crippen molar-refractivity contribution >= 4 is 11.5 Å². The van der Waals surface area contributed by atoms with Gasteiger partial charge in [-0.3, -0.25) is 0 Å². The van der Waals surface area contributed by atoms with Crippen molar-refractivity contribution < 1.29 is 22.6 Å². The number of nitrogens with two attached hydrogens (primary N) is 1. The fourth-order valence-corrected chi connectivity index (χ4v) is 3.06. The molecule has 0 bridgehead atoms. The van der Waals surface area contributed by atoms with E-state index in [0.29, 0.717) is 28.5 Å². The molecule has 3 aromatic heterocycles. The van der Waals surface area contributed by atoms with Crippen molar-refractivity contribution in [2.24, 2.45) is 0 Å². The summed E-state index contributed by atoms with van der Waals surface area (Å²) in [6.45, 7) is 0. The van der Waals surface area contributed by atoms with Gasteiger partial charge in [-0.25, -0.2) is 14.5 Å². The normalized spacial score (nSPS) is 11.6. The summed E-state index contributed by atoms with van der Waals surface area (Å²) in [6, 6.07) is 9.73. The Balaban J connectivity index is 1.84. The number of hydrogen-bond donors (Lipinski definition) is 1. The van der Waals surface area contributed by atoms with Crippen molar-refractivity contribution in [1.29, 1.82) is 0 Å². The van der Waals surface area contributed by atoms with Crippen LogP contribution in [0, 0.1) is 0 Å². The van der Waals surface area contributed by atoms with Gasteiger partial charge in [0, 0.05) is 17.3 Å². The monoisotopic (exact) mass is 415 g/mol. The zero-order valence-corrected chi connectivity index (χ0v) is 15.9. The van der Waals surface area contributed by atoms with Gasteiger partial charge >= 0.3 is 6.18 Å². The predicted octanol–water partition coefficient (Wildman–Crippen LogP) is 4.08. The highest BCUT2D eigenvalue weighted by Crippen LogP contribution is 2.35. The first kappa shape index (κ1) is 19.5. The fraction of sp³-hybridized carbons (Fsp3) is 0.150. The Kier molecular flexibility index (Phi) is 4.69. The summed E-state index contributed by atoms with van der Waals surface area (Å²) in [5, 5.41) is 4.54. The minimum Gasteiger partial charge on any atom is -0.493 e. The first-order chi connectivity index (χ1) is 14.3. The van der Waals surface area contributed by atoms with Gasteiger partial charge in [0.2, 0.25) is 0 Å². The first-order valence-electron chi connectivity index (χ1n) is 8.72. The summed E-state index contributed by atoms with van der Waals surface area (Å²) >= 11 is 0. The van der Waals surface area contributed by atoms with Crippen molar-refractivity contribution in [2.75, 3.05) is 20.0 Å². The first-order valence-corrected chi connectivity index (χ1v) is 8.72. The molecule has 2 N–H and O–H groups in total. The minimum absolute atomic E-state index is 0.195. The third kappa shape index (κ3) is 3.36. The van der Waals surface area contributed by atoms with E-state index in [9.17, 15) is 13.2 Å². The Morgan fingerprint density at radius 3 is 2.37 bits per heavy atom. The van der Waals surface area contributed by atoms with Gasteiger partial charge in [-0.15, -0.1) is 0 Å². The molecule has 0 spiro atoms. The molecule has 0 fully saturated rings. The smallest absolute Gasteiger partial charge is 0.419 e. The second kappa shape index (κ2) is 7.21. The largest absolute Gasteiger partial charge is 0.493 e. The number of aromatic nitrogens is 4. The maximum Gasteiger partial charge on any atom is 0.419 e. The standard InChI is InChI=1S/C20H16F3N5O2/c1-29-16-5-3-11(8-17(16)30-2)14-4-6-18-25-10-15(28(18)27-14)12-7-13(20(21,22)23)19(24)26-9-12/h3-10H,1-2H3,(H2,24,26).